The fraction of sp³-hybridized carbons (Fsp3) is 0.906. The van der Waals surface area contributed by atoms with E-state index in [1.54, 1.807) is 12.5 Å². The molecule has 1 N–H and O–H groups in total. The third-order valence-electron chi connectivity index (χ3n) is 12.4. The summed E-state index contributed by atoms with van der Waals surface area (Å²) in [6.07, 6.45) is 12.0. The molecule has 3 nitrogen and oxygen atoms in total. The fourth-order valence-corrected chi connectivity index (χ4v) is 10.3. The van der Waals surface area contributed by atoms with Crippen molar-refractivity contribution in [3.8, 4) is 0 Å². The van der Waals surface area contributed by atoms with Crippen LogP contribution in [0, 0.1) is 39.4 Å². The number of aliphatic hydroxyl groups is 1. The van der Waals surface area contributed by atoms with Crippen LogP contribution in [0.3, 0.4) is 0 Å². The van der Waals surface area contributed by atoms with Gasteiger partial charge in [-0.2, -0.15) is 0 Å². The lowest BCUT2D eigenvalue weighted by Crippen LogP contribution is -2.55. The Kier molecular flexibility index (Phi) is 7.47. The maximum absolute atomic E-state index is 11.8. The van der Waals surface area contributed by atoms with Crippen molar-refractivity contribution < 1.29 is 14.6 Å². The van der Waals surface area contributed by atoms with Crippen LogP contribution >= 0.6 is 15.9 Å². The molecule has 0 spiro atoms. The van der Waals surface area contributed by atoms with E-state index in [0.717, 1.165) is 25.2 Å². The highest BCUT2D eigenvalue weighted by Crippen LogP contribution is 2.72. The second-order valence-corrected chi connectivity index (χ2v) is 16.1. The number of hydrogen-bond donors (Lipinski definition) is 1. The van der Waals surface area contributed by atoms with Crippen molar-refractivity contribution in [1.82, 2.24) is 0 Å². The Morgan fingerprint density at radius 2 is 1.69 bits per heavy atom. The highest BCUT2D eigenvalue weighted by molar-refractivity contribution is 9.09. The number of rotatable bonds is 6. The molecule has 0 aromatic heterocycles. The lowest BCUT2D eigenvalue weighted by molar-refractivity contribution is -0.167. The van der Waals surface area contributed by atoms with E-state index < -0.39 is 5.60 Å². The molecule has 0 bridgehead atoms. The maximum Gasteiger partial charge on any atom is 0.302 e. The number of halogens is 1. The summed E-state index contributed by atoms with van der Waals surface area (Å²) in [5, 5.41) is 10.4. The van der Waals surface area contributed by atoms with Gasteiger partial charge in [-0.3, -0.25) is 4.79 Å². The van der Waals surface area contributed by atoms with Gasteiger partial charge in [0.05, 0.1) is 5.60 Å². The van der Waals surface area contributed by atoms with E-state index in [4.69, 9.17) is 4.74 Å². The van der Waals surface area contributed by atoms with E-state index in [0.29, 0.717) is 22.7 Å². The van der Waals surface area contributed by atoms with E-state index in [-0.39, 0.29) is 27.7 Å². The molecule has 0 aliphatic heterocycles. The summed E-state index contributed by atoms with van der Waals surface area (Å²) in [6.45, 7) is 20.4. The normalized spacial score (nSPS) is 41.7. The van der Waals surface area contributed by atoms with E-state index in [9.17, 15) is 9.90 Å². The molecule has 0 aromatic carbocycles. The maximum atomic E-state index is 11.8. The van der Waals surface area contributed by atoms with Crippen LogP contribution in [0.2, 0.25) is 0 Å². The fourth-order valence-electron chi connectivity index (χ4n) is 9.99. The molecule has 4 rings (SSSR count). The van der Waals surface area contributed by atoms with Crippen LogP contribution in [-0.4, -0.2) is 27.6 Å². The lowest BCUT2D eigenvalue weighted by Gasteiger charge is -2.62. The number of alkyl halides is 1. The standard InChI is InChI=1S/C32H53BrO3/c1-20(10-13-26(33)29(5,6)35)22-14-18-32(9)24-11-12-25-28(3,4)27(36-21(2)34)16-17-30(25,7)23(24)15-19-31(22,32)8/h20,22,25-27,35H,10-19H2,1-9H3/t20-,22-,25+,26?,27?,30-,31-,32+/m1/s1. The second kappa shape index (κ2) is 9.39. The number of fused-ring (bicyclic) bond motifs is 4. The molecule has 4 aliphatic carbocycles. The first-order chi connectivity index (χ1) is 16.5. The van der Waals surface area contributed by atoms with E-state index in [1.807, 2.05) is 19.4 Å². The van der Waals surface area contributed by atoms with Gasteiger partial charge in [-0.1, -0.05) is 68.6 Å². The molecule has 0 heterocycles. The molecule has 0 saturated heterocycles. The van der Waals surface area contributed by atoms with Gasteiger partial charge >= 0.3 is 5.97 Å². The van der Waals surface area contributed by atoms with Gasteiger partial charge in [-0.05, 0) is 112 Å². The van der Waals surface area contributed by atoms with Crippen molar-refractivity contribution in [3.05, 3.63) is 11.1 Å². The first-order valence-corrected chi connectivity index (χ1v) is 15.7. The number of hydrogen-bond acceptors (Lipinski definition) is 3. The molecule has 2 fully saturated rings. The predicted octanol–water partition coefficient (Wildman–Crippen LogP) is 8.62. The molecule has 0 amide bonds. The molecule has 2 unspecified atom stereocenters. The van der Waals surface area contributed by atoms with Crippen LogP contribution in [0.1, 0.15) is 127 Å². The molecule has 4 aliphatic rings. The zero-order chi connectivity index (χ0) is 26.9. The first kappa shape index (κ1) is 28.7. The molecule has 206 valence electrons. The van der Waals surface area contributed by atoms with Gasteiger partial charge in [0.15, 0.2) is 0 Å². The molecule has 36 heavy (non-hydrogen) atoms. The van der Waals surface area contributed by atoms with Gasteiger partial charge in [-0.15, -0.1) is 0 Å². The Morgan fingerprint density at radius 1 is 1.03 bits per heavy atom. The third-order valence-corrected chi connectivity index (χ3v) is 14.0. The van der Waals surface area contributed by atoms with E-state index in [2.05, 4.69) is 57.5 Å². The number of allylic oxidation sites excluding steroid dienone is 2. The average molecular weight is 566 g/mol. The molecule has 2 saturated carbocycles. The van der Waals surface area contributed by atoms with Gasteiger partial charge in [0, 0.05) is 17.2 Å². The molecular weight excluding hydrogens is 512 g/mol. The Labute approximate surface area is 229 Å². The van der Waals surface area contributed by atoms with Crippen LogP contribution in [0.25, 0.3) is 0 Å². The number of ether oxygens (including phenoxy) is 1. The Balaban J connectivity index is 1.59. The van der Waals surface area contributed by atoms with Gasteiger partial charge in [0.2, 0.25) is 0 Å². The van der Waals surface area contributed by atoms with Crippen molar-refractivity contribution in [2.24, 2.45) is 39.4 Å². The summed E-state index contributed by atoms with van der Waals surface area (Å²) in [5.74, 6) is 1.86. The van der Waals surface area contributed by atoms with Crippen LogP contribution in [0.5, 0.6) is 0 Å². The van der Waals surface area contributed by atoms with Gasteiger partial charge in [-0.25, -0.2) is 0 Å². The smallest absolute Gasteiger partial charge is 0.302 e. The van der Waals surface area contributed by atoms with Crippen molar-refractivity contribution in [1.29, 1.82) is 0 Å². The Bertz CT molecular complexity index is 900. The summed E-state index contributed by atoms with van der Waals surface area (Å²) in [4.78, 5) is 12.0. The lowest BCUT2D eigenvalue weighted by atomic mass is 9.43. The van der Waals surface area contributed by atoms with Crippen LogP contribution < -0.4 is 0 Å². The van der Waals surface area contributed by atoms with Crippen LogP contribution in [0.4, 0.5) is 0 Å². The largest absolute Gasteiger partial charge is 0.462 e. The van der Waals surface area contributed by atoms with Gasteiger partial charge < -0.3 is 9.84 Å². The second-order valence-electron chi connectivity index (χ2n) is 15.0. The van der Waals surface area contributed by atoms with Crippen molar-refractivity contribution in [3.63, 3.8) is 0 Å². The summed E-state index contributed by atoms with van der Waals surface area (Å²) in [7, 11) is 0. The third kappa shape index (κ3) is 4.37. The quantitative estimate of drug-likeness (QED) is 0.199. The SMILES string of the molecule is CC(=O)OC1CC[C@]2(C)C3=C(CC[C@H]2C1(C)C)[C@]1(C)CC[C@H]([C@H](C)CCC(Br)C(C)(C)O)[C@@]1(C)CC3. The molecule has 4 heteroatoms. The summed E-state index contributed by atoms with van der Waals surface area (Å²) < 4.78 is 5.87. The highest BCUT2D eigenvalue weighted by atomic mass is 79.9. The first-order valence-electron chi connectivity index (χ1n) is 14.7. The summed E-state index contributed by atoms with van der Waals surface area (Å²) >= 11 is 3.75. The monoisotopic (exact) mass is 564 g/mol. The van der Waals surface area contributed by atoms with Crippen molar-refractivity contribution >= 4 is 21.9 Å². The highest BCUT2D eigenvalue weighted by Gasteiger charge is 2.63. The number of carbonyl (C=O) groups excluding carboxylic acids is 1. The predicted molar refractivity (Wildman–Crippen MR) is 152 cm³/mol. The summed E-state index contributed by atoms with van der Waals surface area (Å²) in [6, 6.07) is 0. The molecule has 8 atom stereocenters. The Morgan fingerprint density at radius 3 is 2.31 bits per heavy atom. The molecular formula is C32H53BrO3. The van der Waals surface area contributed by atoms with Crippen LogP contribution in [0.15, 0.2) is 11.1 Å². The van der Waals surface area contributed by atoms with E-state index in [1.165, 1.54) is 44.9 Å². The average Bonchev–Trinajstić information content (AvgIpc) is 3.04. The van der Waals surface area contributed by atoms with Crippen molar-refractivity contribution in [2.45, 2.75) is 143 Å². The minimum atomic E-state index is -0.672. The number of esters is 1. The van der Waals surface area contributed by atoms with Gasteiger partial charge in [0.25, 0.3) is 0 Å². The van der Waals surface area contributed by atoms with Crippen molar-refractivity contribution in [2.75, 3.05) is 0 Å². The minimum absolute atomic E-state index is 0.0122. The topological polar surface area (TPSA) is 46.5 Å². The zero-order valence-electron chi connectivity index (χ0n) is 24.6. The minimum Gasteiger partial charge on any atom is -0.462 e. The summed E-state index contributed by atoms with van der Waals surface area (Å²) in [5.41, 5.74) is 3.85. The molecule has 0 radical (unpaired) electrons. The zero-order valence-corrected chi connectivity index (χ0v) is 26.2. The van der Waals surface area contributed by atoms with Gasteiger partial charge in [0.1, 0.15) is 6.10 Å². The number of carbonyl (C=O) groups is 1. The van der Waals surface area contributed by atoms with Crippen LogP contribution in [-0.2, 0) is 9.53 Å². The van der Waals surface area contributed by atoms with E-state index >= 15 is 0 Å². The molecule has 0 aromatic rings. The Hall–Kier alpha value is -0.350.